The second-order valence-electron chi connectivity index (χ2n) is 4.02. The SMILES string of the molecule is Clc1cc(Br)ccc1CO[C@H]1CCCNC1. The zero-order chi connectivity index (χ0) is 11.4. The van der Waals surface area contributed by atoms with Crippen LogP contribution in [0, 0.1) is 0 Å². The predicted octanol–water partition coefficient (Wildman–Crippen LogP) is 3.37. The van der Waals surface area contributed by atoms with E-state index in [0.717, 1.165) is 34.6 Å². The van der Waals surface area contributed by atoms with E-state index in [-0.39, 0.29) is 0 Å². The van der Waals surface area contributed by atoms with Crippen LogP contribution >= 0.6 is 27.5 Å². The van der Waals surface area contributed by atoms with Gasteiger partial charge in [-0.1, -0.05) is 33.6 Å². The minimum absolute atomic E-state index is 0.327. The first kappa shape index (κ1) is 12.4. The van der Waals surface area contributed by atoms with Gasteiger partial charge < -0.3 is 10.1 Å². The van der Waals surface area contributed by atoms with Crippen LogP contribution in [0.25, 0.3) is 0 Å². The van der Waals surface area contributed by atoms with Crippen molar-refractivity contribution in [3.05, 3.63) is 33.3 Å². The van der Waals surface area contributed by atoms with Crippen molar-refractivity contribution in [3.8, 4) is 0 Å². The van der Waals surface area contributed by atoms with E-state index in [4.69, 9.17) is 16.3 Å². The normalized spacial score (nSPS) is 21.0. The summed E-state index contributed by atoms with van der Waals surface area (Å²) >= 11 is 9.51. The van der Waals surface area contributed by atoms with Crippen LogP contribution in [0.2, 0.25) is 5.02 Å². The molecule has 1 saturated heterocycles. The summed E-state index contributed by atoms with van der Waals surface area (Å²) in [5.74, 6) is 0. The second kappa shape index (κ2) is 6.01. The molecule has 4 heteroatoms. The van der Waals surface area contributed by atoms with E-state index in [9.17, 15) is 0 Å². The third-order valence-corrected chi connectivity index (χ3v) is 3.59. The van der Waals surface area contributed by atoms with Gasteiger partial charge in [-0.05, 0) is 37.1 Å². The molecule has 0 unspecified atom stereocenters. The summed E-state index contributed by atoms with van der Waals surface area (Å²) in [7, 11) is 0. The molecule has 0 amide bonds. The van der Waals surface area contributed by atoms with Crippen LogP contribution in [0.5, 0.6) is 0 Å². The molecule has 1 N–H and O–H groups in total. The fourth-order valence-electron chi connectivity index (χ4n) is 1.81. The number of ether oxygens (including phenoxy) is 1. The van der Waals surface area contributed by atoms with Crippen molar-refractivity contribution >= 4 is 27.5 Å². The lowest BCUT2D eigenvalue weighted by molar-refractivity contribution is 0.0253. The zero-order valence-corrected chi connectivity index (χ0v) is 11.4. The highest BCUT2D eigenvalue weighted by atomic mass is 79.9. The van der Waals surface area contributed by atoms with Crippen molar-refractivity contribution in [1.82, 2.24) is 5.32 Å². The van der Waals surface area contributed by atoms with E-state index in [1.165, 1.54) is 6.42 Å². The molecule has 1 heterocycles. The van der Waals surface area contributed by atoms with Gasteiger partial charge in [-0.15, -0.1) is 0 Å². The molecular formula is C12H15BrClNO. The highest BCUT2D eigenvalue weighted by molar-refractivity contribution is 9.10. The average Bonchev–Trinajstić information content (AvgIpc) is 2.29. The van der Waals surface area contributed by atoms with E-state index in [1.807, 2.05) is 18.2 Å². The second-order valence-corrected chi connectivity index (χ2v) is 5.34. The molecule has 0 aliphatic carbocycles. The Bertz CT molecular complexity index is 353. The summed E-state index contributed by atoms with van der Waals surface area (Å²) in [5.41, 5.74) is 1.05. The molecule has 1 aliphatic heterocycles. The van der Waals surface area contributed by atoms with Gasteiger partial charge in [0.1, 0.15) is 0 Å². The van der Waals surface area contributed by atoms with Gasteiger partial charge in [0.25, 0.3) is 0 Å². The Labute approximate surface area is 109 Å². The summed E-state index contributed by atoms with van der Waals surface area (Å²) in [6.07, 6.45) is 2.66. The molecule has 0 spiro atoms. The summed E-state index contributed by atoms with van der Waals surface area (Å²) in [5, 5.41) is 4.09. The van der Waals surface area contributed by atoms with Gasteiger partial charge in [-0.25, -0.2) is 0 Å². The molecule has 1 aromatic carbocycles. The molecule has 0 saturated carbocycles. The number of piperidine rings is 1. The van der Waals surface area contributed by atoms with Gasteiger partial charge >= 0.3 is 0 Å². The molecule has 2 rings (SSSR count). The van der Waals surface area contributed by atoms with Gasteiger partial charge in [-0.2, -0.15) is 0 Å². The first-order valence-electron chi connectivity index (χ1n) is 5.52. The largest absolute Gasteiger partial charge is 0.372 e. The summed E-state index contributed by atoms with van der Waals surface area (Å²) < 4.78 is 6.83. The maximum absolute atomic E-state index is 6.12. The number of hydrogen-bond acceptors (Lipinski definition) is 2. The summed E-state index contributed by atoms with van der Waals surface area (Å²) in [4.78, 5) is 0. The number of halogens is 2. The van der Waals surface area contributed by atoms with Crippen LogP contribution in [-0.4, -0.2) is 19.2 Å². The van der Waals surface area contributed by atoms with Crippen LogP contribution in [0.3, 0.4) is 0 Å². The highest BCUT2D eigenvalue weighted by Gasteiger charge is 2.13. The summed E-state index contributed by atoms with van der Waals surface area (Å²) in [6.45, 7) is 2.66. The lowest BCUT2D eigenvalue weighted by Crippen LogP contribution is -2.35. The van der Waals surface area contributed by atoms with Crippen molar-refractivity contribution in [2.75, 3.05) is 13.1 Å². The van der Waals surface area contributed by atoms with Crippen molar-refractivity contribution in [2.24, 2.45) is 0 Å². The maximum atomic E-state index is 6.12. The molecule has 0 bridgehead atoms. The standard InChI is InChI=1S/C12H15BrClNO/c13-10-4-3-9(12(14)6-10)8-16-11-2-1-5-15-7-11/h3-4,6,11,15H,1-2,5,7-8H2/t11-/m0/s1. The average molecular weight is 305 g/mol. The number of benzene rings is 1. The molecule has 1 aromatic rings. The van der Waals surface area contributed by atoms with Gasteiger partial charge in [0.2, 0.25) is 0 Å². The predicted molar refractivity (Wildman–Crippen MR) is 69.8 cm³/mol. The van der Waals surface area contributed by atoms with Crippen molar-refractivity contribution < 1.29 is 4.74 Å². The molecule has 1 fully saturated rings. The van der Waals surface area contributed by atoms with E-state index >= 15 is 0 Å². The topological polar surface area (TPSA) is 21.3 Å². The highest BCUT2D eigenvalue weighted by Crippen LogP contribution is 2.22. The molecule has 88 valence electrons. The maximum Gasteiger partial charge on any atom is 0.0735 e. The quantitative estimate of drug-likeness (QED) is 0.924. The Morgan fingerprint density at radius 2 is 2.38 bits per heavy atom. The van der Waals surface area contributed by atoms with Crippen LogP contribution in [0.15, 0.2) is 22.7 Å². The Kier molecular flexibility index (Phi) is 4.65. The third kappa shape index (κ3) is 3.45. The fraction of sp³-hybridized carbons (Fsp3) is 0.500. The first-order chi connectivity index (χ1) is 7.75. The third-order valence-electron chi connectivity index (χ3n) is 2.74. The number of nitrogens with one attached hydrogen (secondary N) is 1. The van der Waals surface area contributed by atoms with Crippen molar-refractivity contribution in [1.29, 1.82) is 0 Å². The molecule has 2 nitrogen and oxygen atoms in total. The van der Waals surface area contributed by atoms with Crippen molar-refractivity contribution in [2.45, 2.75) is 25.6 Å². The van der Waals surface area contributed by atoms with Gasteiger partial charge in [0.15, 0.2) is 0 Å². The Balaban J connectivity index is 1.88. The van der Waals surface area contributed by atoms with E-state index < -0.39 is 0 Å². The lowest BCUT2D eigenvalue weighted by atomic mass is 10.1. The van der Waals surface area contributed by atoms with Crippen LogP contribution in [0.4, 0.5) is 0 Å². The van der Waals surface area contributed by atoms with Crippen molar-refractivity contribution in [3.63, 3.8) is 0 Å². The van der Waals surface area contributed by atoms with Gasteiger partial charge in [0, 0.05) is 16.0 Å². The molecule has 0 radical (unpaired) electrons. The summed E-state index contributed by atoms with van der Waals surface area (Å²) in [6, 6.07) is 5.89. The van der Waals surface area contributed by atoms with Gasteiger partial charge in [-0.3, -0.25) is 0 Å². The molecule has 1 atom stereocenters. The van der Waals surface area contributed by atoms with E-state index in [2.05, 4.69) is 21.2 Å². The molecule has 0 aromatic heterocycles. The molecular weight excluding hydrogens is 289 g/mol. The Morgan fingerprint density at radius 3 is 3.06 bits per heavy atom. The monoisotopic (exact) mass is 303 g/mol. The minimum Gasteiger partial charge on any atom is -0.372 e. The molecule has 1 aliphatic rings. The zero-order valence-electron chi connectivity index (χ0n) is 9.01. The Hall–Kier alpha value is -0.0900. The molecule has 16 heavy (non-hydrogen) atoms. The smallest absolute Gasteiger partial charge is 0.0735 e. The van der Waals surface area contributed by atoms with Gasteiger partial charge in [0.05, 0.1) is 12.7 Å². The van der Waals surface area contributed by atoms with Crippen LogP contribution in [0.1, 0.15) is 18.4 Å². The number of rotatable bonds is 3. The number of hydrogen-bond donors (Lipinski definition) is 1. The fourth-order valence-corrected chi connectivity index (χ4v) is 2.54. The van der Waals surface area contributed by atoms with Crippen LogP contribution in [-0.2, 0) is 11.3 Å². The first-order valence-corrected chi connectivity index (χ1v) is 6.69. The Morgan fingerprint density at radius 1 is 1.50 bits per heavy atom. The van der Waals surface area contributed by atoms with E-state index in [0.29, 0.717) is 12.7 Å². The van der Waals surface area contributed by atoms with E-state index in [1.54, 1.807) is 0 Å². The van der Waals surface area contributed by atoms with Crippen LogP contribution < -0.4 is 5.32 Å². The lowest BCUT2D eigenvalue weighted by Gasteiger charge is -2.23. The minimum atomic E-state index is 0.327.